The number of aromatic nitrogens is 1. The standard InChI is InChI=1S/C27H41NO8/c1-20(2)26(31)22-13-14-28-23(19-22)27(32)36-18-10-9-17-35-25(30)12-6-5-11-24(29)34-16-8-7-15-33-21(3)4/h13-14,19-21H,5-12,15-18H2,1-4H3. The maximum atomic E-state index is 12.1. The monoisotopic (exact) mass is 507 g/mol. The van der Waals surface area contributed by atoms with Crippen molar-refractivity contribution in [2.75, 3.05) is 26.4 Å². The smallest absolute Gasteiger partial charge is 0.356 e. The highest BCUT2D eigenvalue weighted by molar-refractivity contribution is 5.99. The Hall–Kier alpha value is -2.81. The lowest BCUT2D eigenvalue weighted by atomic mass is 10.0. The quantitative estimate of drug-likeness (QED) is 0.113. The van der Waals surface area contributed by atoms with Crippen LogP contribution in [-0.4, -0.2) is 61.2 Å². The topological polar surface area (TPSA) is 118 Å². The van der Waals surface area contributed by atoms with Crippen LogP contribution < -0.4 is 0 Å². The van der Waals surface area contributed by atoms with Crippen molar-refractivity contribution < 1.29 is 38.1 Å². The Labute approximate surface area is 214 Å². The number of unbranched alkanes of at least 4 members (excludes halogenated alkanes) is 3. The Morgan fingerprint density at radius 2 is 1.28 bits per heavy atom. The van der Waals surface area contributed by atoms with Crippen LogP contribution in [0.25, 0.3) is 0 Å². The van der Waals surface area contributed by atoms with E-state index in [0.717, 1.165) is 12.8 Å². The van der Waals surface area contributed by atoms with Crippen LogP contribution in [0.5, 0.6) is 0 Å². The van der Waals surface area contributed by atoms with E-state index in [0.29, 0.717) is 44.5 Å². The average molecular weight is 508 g/mol. The Morgan fingerprint density at radius 1 is 0.750 bits per heavy atom. The van der Waals surface area contributed by atoms with Crippen LogP contribution in [0, 0.1) is 5.92 Å². The lowest BCUT2D eigenvalue weighted by molar-refractivity contribution is -0.146. The van der Waals surface area contributed by atoms with Crippen molar-refractivity contribution in [3.05, 3.63) is 29.6 Å². The lowest BCUT2D eigenvalue weighted by Crippen LogP contribution is -2.13. The summed E-state index contributed by atoms with van der Waals surface area (Å²) >= 11 is 0. The van der Waals surface area contributed by atoms with Crippen LogP contribution in [-0.2, 0) is 28.5 Å². The third kappa shape index (κ3) is 14.6. The van der Waals surface area contributed by atoms with E-state index in [4.69, 9.17) is 18.9 Å². The predicted molar refractivity (Wildman–Crippen MR) is 134 cm³/mol. The Morgan fingerprint density at radius 3 is 1.81 bits per heavy atom. The van der Waals surface area contributed by atoms with Gasteiger partial charge in [-0.1, -0.05) is 13.8 Å². The van der Waals surface area contributed by atoms with Gasteiger partial charge in [0.25, 0.3) is 0 Å². The largest absolute Gasteiger partial charge is 0.466 e. The number of ketones is 1. The summed E-state index contributed by atoms with van der Waals surface area (Å²) in [5.41, 5.74) is 0.520. The molecule has 0 N–H and O–H groups in total. The first-order valence-corrected chi connectivity index (χ1v) is 12.8. The highest BCUT2D eigenvalue weighted by Gasteiger charge is 2.15. The van der Waals surface area contributed by atoms with E-state index in [9.17, 15) is 19.2 Å². The minimum absolute atomic E-state index is 0.0629. The summed E-state index contributed by atoms with van der Waals surface area (Å²) < 4.78 is 20.9. The summed E-state index contributed by atoms with van der Waals surface area (Å²) in [5.74, 6) is -1.40. The molecule has 9 nitrogen and oxygen atoms in total. The Kier molecular flexibility index (Phi) is 16.0. The number of pyridine rings is 1. The molecule has 1 aromatic heterocycles. The number of esters is 3. The summed E-state index contributed by atoms with van der Waals surface area (Å²) in [6.07, 6.45) is 5.97. The second kappa shape index (κ2) is 18.5. The van der Waals surface area contributed by atoms with Gasteiger partial charge in [-0.25, -0.2) is 9.78 Å². The van der Waals surface area contributed by atoms with Crippen molar-refractivity contribution in [3.63, 3.8) is 0 Å². The molecule has 0 atom stereocenters. The second-order valence-electron chi connectivity index (χ2n) is 9.07. The van der Waals surface area contributed by atoms with Crippen LogP contribution >= 0.6 is 0 Å². The first-order valence-electron chi connectivity index (χ1n) is 12.8. The molecule has 0 aliphatic carbocycles. The molecule has 36 heavy (non-hydrogen) atoms. The lowest BCUT2D eigenvalue weighted by Gasteiger charge is -2.08. The van der Waals surface area contributed by atoms with Crippen molar-refractivity contribution in [2.45, 2.75) is 85.2 Å². The Bertz CT molecular complexity index is 822. The van der Waals surface area contributed by atoms with Gasteiger partial charge in [-0.15, -0.1) is 0 Å². The van der Waals surface area contributed by atoms with Crippen LogP contribution in [0.1, 0.15) is 99.9 Å². The molecule has 202 valence electrons. The molecule has 0 aliphatic heterocycles. The van der Waals surface area contributed by atoms with E-state index in [-0.39, 0.29) is 61.5 Å². The minimum Gasteiger partial charge on any atom is -0.466 e. The van der Waals surface area contributed by atoms with Crippen LogP contribution in [0.4, 0.5) is 0 Å². The van der Waals surface area contributed by atoms with Crippen molar-refractivity contribution in [1.82, 2.24) is 4.98 Å². The van der Waals surface area contributed by atoms with Crippen LogP contribution in [0.2, 0.25) is 0 Å². The molecule has 0 fully saturated rings. The Balaban J connectivity index is 2.04. The van der Waals surface area contributed by atoms with E-state index < -0.39 is 5.97 Å². The third-order valence-electron chi connectivity index (χ3n) is 5.08. The molecule has 0 aliphatic rings. The highest BCUT2D eigenvalue weighted by atomic mass is 16.5. The minimum atomic E-state index is -0.593. The molecule has 0 saturated heterocycles. The number of nitrogens with zero attached hydrogens (tertiary/aromatic N) is 1. The molecular weight excluding hydrogens is 466 g/mol. The molecular formula is C27H41NO8. The molecule has 0 spiro atoms. The summed E-state index contributed by atoms with van der Waals surface area (Å²) in [5, 5.41) is 0. The van der Waals surface area contributed by atoms with Crippen LogP contribution in [0.3, 0.4) is 0 Å². The van der Waals surface area contributed by atoms with Gasteiger partial charge in [0, 0.05) is 37.1 Å². The second-order valence-corrected chi connectivity index (χ2v) is 9.07. The first-order chi connectivity index (χ1) is 17.2. The number of hydrogen-bond donors (Lipinski definition) is 0. The number of rotatable bonds is 19. The normalized spacial score (nSPS) is 10.9. The molecule has 0 saturated carbocycles. The molecule has 0 aromatic carbocycles. The fourth-order valence-electron chi connectivity index (χ4n) is 3.05. The van der Waals surface area contributed by atoms with E-state index in [1.807, 2.05) is 13.8 Å². The van der Waals surface area contributed by atoms with Gasteiger partial charge < -0.3 is 18.9 Å². The molecule has 0 bridgehead atoms. The van der Waals surface area contributed by atoms with Gasteiger partial charge in [0.1, 0.15) is 5.69 Å². The van der Waals surface area contributed by atoms with Gasteiger partial charge in [-0.2, -0.15) is 0 Å². The number of carbonyl (C=O) groups excluding carboxylic acids is 4. The first kappa shape index (κ1) is 31.2. The van der Waals surface area contributed by atoms with Gasteiger partial charge in [0.05, 0.1) is 25.9 Å². The van der Waals surface area contributed by atoms with E-state index in [2.05, 4.69) is 4.98 Å². The maximum absolute atomic E-state index is 12.1. The van der Waals surface area contributed by atoms with Crippen molar-refractivity contribution in [2.24, 2.45) is 5.92 Å². The van der Waals surface area contributed by atoms with Gasteiger partial charge >= 0.3 is 17.9 Å². The fourth-order valence-corrected chi connectivity index (χ4v) is 3.05. The van der Waals surface area contributed by atoms with Gasteiger partial charge in [-0.05, 0) is 64.5 Å². The molecule has 1 rings (SSSR count). The van der Waals surface area contributed by atoms with Crippen molar-refractivity contribution >= 4 is 23.7 Å². The van der Waals surface area contributed by atoms with Crippen molar-refractivity contribution in [3.8, 4) is 0 Å². The van der Waals surface area contributed by atoms with Crippen LogP contribution in [0.15, 0.2) is 18.3 Å². The molecule has 1 heterocycles. The average Bonchev–Trinajstić information content (AvgIpc) is 2.85. The predicted octanol–water partition coefficient (Wildman–Crippen LogP) is 4.71. The van der Waals surface area contributed by atoms with Crippen molar-refractivity contribution in [1.29, 1.82) is 0 Å². The SMILES string of the molecule is CC(C)OCCCCOC(=O)CCCCC(=O)OCCCCOC(=O)c1cc(C(=O)C(C)C)ccn1. The summed E-state index contributed by atoms with van der Waals surface area (Å²) in [6, 6.07) is 3.02. The summed E-state index contributed by atoms with van der Waals surface area (Å²) in [7, 11) is 0. The zero-order valence-corrected chi connectivity index (χ0v) is 22.1. The van der Waals surface area contributed by atoms with E-state index >= 15 is 0 Å². The molecule has 9 heteroatoms. The number of carbonyl (C=O) groups is 4. The summed E-state index contributed by atoms with van der Waals surface area (Å²) in [4.78, 5) is 51.6. The highest BCUT2D eigenvalue weighted by Crippen LogP contribution is 2.10. The van der Waals surface area contributed by atoms with Gasteiger partial charge in [0.15, 0.2) is 5.78 Å². The number of Topliss-reactive ketones (excluding diaryl/α,β-unsaturated/α-hetero) is 1. The fraction of sp³-hybridized carbons (Fsp3) is 0.667. The third-order valence-corrected chi connectivity index (χ3v) is 5.08. The zero-order chi connectivity index (χ0) is 26.8. The zero-order valence-electron chi connectivity index (χ0n) is 22.1. The van der Waals surface area contributed by atoms with E-state index in [1.165, 1.54) is 12.3 Å². The molecule has 0 radical (unpaired) electrons. The molecule has 0 amide bonds. The van der Waals surface area contributed by atoms with E-state index in [1.54, 1.807) is 19.9 Å². The molecule has 0 unspecified atom stereocenters. The molecule has 1 aromatic rings. The maximum Gasteiger partial charge on any atom is 0.356 e. The van der Waals surface area contributed by atoms with Gasteiger partial charge in [-0.3, -0.25) is 14.4 Å². The summed E-state index contributed by atoms with van der Waals surface area (Å²) in [6.45, 7) is 8.98. The number of ether oxygens (including phenoxy) is 4. The number of hydrogen-bond acceptors (Lipinski definition) is 9. The van der Waals surface area contributed by atoms with Gasteiger partial charge in [0.2, 0.25) is 0 Å².